The fourth-order valence-corrected chi connectivity index (χ4v) is 2.44. The van der Waals surface area contributed by atoms with Gasteiger partial charge in [0, 0.05) is 31.1 Å². The van der Waals surface area contributed by atoms with Crippen molar-refractivity contribution in [3.05, 3.63) is 11.9 Å². The molecule has 2 aliphatic rings. The Labute approximate surface area is 108 Å². The number of nitrogens with zero attached hydrogens (tertiary/aromatic N) is 2. The molecule has 2 aliphatic heterocycles. The SMILES string of the molecule is CC1(C)CC(=O)C=C(N=C(N)N2CCCCC2)N1. The van der Waals surface area contributed by atoms with Gasteiger partial charge in [-0.2, -0.15) is 4.99 Å². The van der Waals surface area contributed by atoms with Crippen LogP contribution in [0.1, 0.15) is 39.5 Å². The van der Waals surface area contributed by atoms with Gasteiger partial charge in [0.05, 0.1) is 0 Å². The number of carbonyl (C=O) groups excluding carboxylic acids is 1. The third-order valence-electron chi connectivity index (χ3n) is 3.30. The lowest BCUT2D eigenvalue weighted by Crippen LogP contribution is -2.45. The summed E-state index contributed by atoms with van der Waals surface area (Å²) < 4.78 is 0. The molecule has 0 saturated carbocycles. The van der Waals surface area contributed by atoms with Crippen molar-refractivity contribution in [1.29, 1.82) is 0 Å². The molecule has 18 heavy (non-hydrogen) atoms. The molecule has 5 nitrogen and oxygen atoms in total. The molecule has 5 heteroatoms. The monoisotopic (exact) mass is 250 g/mol. The van der Waals surface area contributed by atoms with E-state index in [1.807, 2.05) is 13.8 Å². The lowest BCUT2D eigenvalue weighted by molar-refractivity contribution is -0.116. The molecule has 1 saturated heterocycles. The largest absolute Gasteiger partial charge is 0.369 e. The molecule has 0 amide bonds. The minimum absolute atomic E-state index is 0.101. The van der Waals surface area contributed by atoms with Gasteiger partial charge < -0.3 is 16.0 Å². The Morgan fingerprint density at radius 2 is 2.06 bits per heavy atom. The molecule has 3 N–H and O–H groups in total. The van der Waals surface area contributed by atoms with Gasteiger partial charge in [-0.15, -0.1) is 0 Å². The second-order valence-electron chi connectivity index (χ2n) is 5.70. The van der Waals surface area contributed by atoms with Gasteiger partial charge >= 0.3 is 0 Å². The number of aliphatic imine (C=N–C) groups is 1. The summed E-state index contributed by atoms with van der Waals surface area (Å²) >= 11 is 0. The van der Waals surface area contributed by atoms with Crippen LogP contribution in [0.4, 0.5) is 0 Å². The maximum atomic E-state index is 11.6. The highest BCUT2D eigenvalue weighted by molar-refractivity contribution is 5.92. The number of nitrogens with one attached hydrogen (secondary N) is 1. The van der Waals surface area contributed by atoms with Crippen LogP contribution in [-0.2, 0) is 4.79 Å². The van der Waals surface area contributed by atoms with Crippen LogP contribution in [0.15, 0.2) is 16.9 Å². The highest BCUT2D eigenvalue weighted by Gasteiger charge is 2.26. The molecular formula is C13H22N4O. The number of ketones is 1. The lowest BCUT2D eigenvalue weighted by atomic mass is 9.95. The summed E-state index contributed by atoms with van der Waals surface area (Å²) in [7, 11) is 0. The standard InChI is InChI=1S/C13H22N4O/c1-13(2)9-10(18)8-11(16-13)15-12(14)17-6-4-3-5-7-17/h8,16H,3-7,9H2,1-2H3,(H2,14,15). The summed E-state index contributed by atoms with van der Waals surface area (Å²) in [6.07, 6.45) is 5.62. The molecule has 1 fully saturated rings. The molecule has 0 atom stereocenters. The summed E-state index contributed by atoms with van der Waals surface area (Å²) in [5.74, 6) is 1.20. The Bertz CT molecular complexity index is 392. The quantitative estimate of drug-likeness (QED) is 0.537. The van der Waals surface area contributed by atoms with Crippen LogP contribution in [0, 0.1) is 0 Å². The second-order valence-corrected chi connectivity index (χ2v) is 5.70. The van der Waals surface area contributed by atoms with E-state index in [4.69, 9.17) is 5.73 Å². The topological polar surface area (TPSA) is 70.7 Å². The van der Waals surface area contributed by atoms with Crippen LogP contribution in [0.2, 0.25) is 0 Å². The average Bonchev–Trinajstić information content (AvgIpc) is 2.27. The molecular weight excluding hydrogens is 228 g/mol. The van der Waals surface area contributed by atoms with Gasteiger partial charge in [-0.3, -0.25) is 4.79 Å². The predicted octanol–water partition coefficient (Wildman–Crippen LogP) is 0.969. The fraction of sp³-hybridized carbons (Fsp3) is 0.692. The first-order valence-corrected chi connectivity index (χ1v) is 6.58. The molecule has 0 radical (unpaired) electrons. The van der Waals surface area contributed by atoms with Gasteiger partial charge in [0.15, 0.2) is 11.7 Å². The normalized spacial score (nSPS) is 24.6. The van der Waals surface area contributed by atoms with Crippen molar-refractivity contribution in [2.75, 3.05) is 13.1 Å². The van der Waals surface area contributed by atoms with Crippen LogP contribution in [-0.4, -0.2) is 35.3 Å². The Balaban J connectivity index is 2.09. The van der Waals surface area contributed by atoms with E-state index in [-0.39, 0.29) is 11.3 Å². The van der Waals surface area contributed by atoms with E-state index in [0.717, 1.165) is 25.9 Å². The third kappa shape index (κ3) is 3.24. The van der Waals surface area contributed by atoms with Crippen molar-refractivity contribution < 1.29 is 4.79 Å². The fourth-order valence-electron chi connectivity index (χ4n) is 2.44. The first-order valence-electron chi connectivity index (χ1n) is 6.58. The number of hydrogen-bond donors (Lipinski definition) is 2. The van der Waals surface area contributed by atoms with E-state index in [0.29, 0.717) is 18.2 Å². The van der Waals surface area contributed by atoms with E-state index in [2.05, 4.69) is 15.2 Å². The van der Waals surface area contributed by atoms with Gasteiger partial charge in [0.25, 0.3) is 0 Å². The summed E-state index contributed by atoms with van der Waals surface area (Å²) in [4.78, 5) is 18.0. The first kappa shape index (κ1) is 12.9. The Morgan fingerprint density at radius 3 is 2.67 bits per heavy atom. The summed E-state index contributed by atoms with van der Waals surface area (Å²) in [5, 5.41) is 3.24. The van der Waals surface area contributed by atoms with Crippen LogP contribution in [0.25, 0.3) is 0 Å². The summed E-state index contributed by atoms with van der Waals surface area (Å²) in [6.45, 7) is 5.90. The molecule has 0 bridgehead atoms. The molecule has 2 heterocycles. The Hall–Kier alpha value is -1.52. The van der Waals surface area contributed by atoms with Crippen molar-refractivity contribution in [3.8, 4) is 0 Å². The number of hydrogen-bond acceptors (Lipinski definition) is 3. The number of nitrogens with two attached hydrogens (primary N) is 1. The van der Waals surface area contributed by atoms with E-state index < -0.39 is 0 Å². The minimum Gasteiger partial charge on any atom is -0.369 e. The molecule has 100 valence electrons. The number of allylic oxidation sites excluding steroid dienone is 1. The van der Waals surface area contributed by atoms with Crippen LogP contribution in [0.5, 0.6) is 0 Å². The number of piperidine rings is 1. The van der Waals surface area contributed by atoms with Crippen molar-refractivity contribution in [2.24, 2.45) is 10.7 Å². The number of carbonyl (C=O) groups is 1. The zero-order valence-corrected chi connectivity index (χ0v) is 11.2. The van der Waals surface area contributed by atoms with E-state index in [9.17, 15) is 4.79 Å². The van der Waals surface area contributed by atoms with Crippen LogP contribution in [0.3, 0.4) is 0 Å². The van der Waals surface area contributed by atoms with Crippen molar-refractivity contribution in [3.63, 3.8) is 0 Å². The molecule has 0 aromatic carbocycles. The Morgan fingerprint density at radius 1 is 1.39 bits per heavy atom. The Kier molecular flexibility index (Phi) is 3.59. The summed E-state index contributed by atoms with van der Waals surface area (Å²) in [5.41, 5.74) is 5.75. The minimum atomic E-state index is -0.243. The number of likely N-dealkylation sites (tertiary alicyclic amines) is 1. The number of guanidine groups is 1. The first-order chi connectivity index (χ1) is 8.46. The van der Waals surface area contributed by atoms with Gasteiger partial charge in [-0.25, -0.2) is 0 Å². The molecule has 0 aromatic rings. The maximum Gasteiger partial charge on any atom is 0.197 e. The third-order valence-corrected chi connectivity index (χ3v) is 3.30. The van der Waals surface area contributed by atoms with E-state index >= 15 is 0 Å². The van der Waals surface area contributed by atoms with E-state index in [1.54, 1.807) is 6.08 Å². The smallest absolute Gasteiger partial charge is 0.197 e. The second kappa shape index (κ2) is 5.00. The van der Waals surface area contributed by atoms with Gasteiger partial charge in [0.2, 0.25) is 0 Å². The van der Waals surface area contributed by atoms with Crippen LogP contribution >= 0.6 is 0 Å². The summed E-state index contributed by atoms with van der Waals surface area (Å²) in [6, 6.07) is 0. The van der Waals surface area contributed by atoms with Gasteiger partial charge in [-0.05, 0) is 33.1 Å². The molecule has 0 spiro atoms. The van der Waals surface area contributed by atoms with Crippen LogP contribution < -0.4 is 11.1 Å². The molecule has 0 unspecified atom stereocenters. The molecule has 2 rings (SSSR count). The highest BCUT2D eigenvalue weighted by atomic mass is 16.1. The zero-order valence-electron chi connectivity index (χ0n) is 11.2. The van der Waals surface area contributed by atoms with E-state index in [1.165, 1.54) is 6.42 Å². The average molecular weight is 250 g/mol. The van der Waals surface area contributed by atoms with Crippen molar-refractivity contribution >= 4 is 11.7 Å². The van der Waals surface area contributed by atoms with Crippen molar-refractivity contribution in [2.45, 2.75) is 45.1 Å². The molecule has 0 aromatic heterocycles. The number of rotatable bonds is 1. The lowest BCUT2D eigenvalue weighted by Gasteiger charge is -2.31. The highest BCUT2D eigenvalue weighted by Crippen LogP contribution is 2.18. The van der Waals surface area contributed by atoms with Gasteiger partial charge in [-0.1, -0.05) is 0 Å². The maximum absolute atomic E-state index is 11.6. The van der Waals surface area contributed by atoms with Gasteiger partial charge in [0.1, 0.15) is 5.82 Å². The van der Waals surface area contributed by atoms with Crippen molar-refractivity contribution in [1.82, 2.24) is 10.2 Å². The molecule has 0 aliphatic carbocycles. The zero-order chi connectivity index (χ0) is 13.2. The predicted molar refractivity (Wildman–Crippen MR) is 72.0 cm³/mol.